The fraction of sp³-hybridized carbons (Fsp3) is 0.625. The van der Waals surface area contributed by atoms with Gasteiger partial charge in [-0.25, -0.2) is 4.98 Å². The van der Waals surface area contributed by atoms with Crippen molar-refractivity contribution < 1.29 is 0 Å². The molecule has 0 saturated heterocycles. The van der Waals surface area contributed by atoms with E-state index in [-0.39, 0.29) is 0 Å². The third-order valence-corrected chi connectivity index (χ3v) is 1.06. The van der Waals surface area contributed by atoms with Gasteiger partial charge in [-0.15, -0.1) is 0 Å². The fourth-order valence-electron chi connectivity index (χ4n) is 0.440. The van der Waals surface area contributed by atoms with E-state index < -0.39 is 0 Å². The molecule has 0 fully saturated rings. The van der Waals surface area contributed by atoms with E-state index in [9.17, 15) is 0 Å². The van der Waals surface area contributed by atoms with Crippen LogP contribution in [0.1, 0.15) is 26.1 Å². The van der Waals surface area contributed by atoms with Gasteiger partial charge in [0, 0.05) is 19.4 Å². The average molecular weight is 140 g/mol. The Bertz CT molecular complexity index is 151. The van der Waals surface area contributed by atoms with Crippen molar-refractivity contribution in [1.82, 2.24) is 9.55 Å². The first-order valence-corrected chi connectivity index (χ1v) is 3.66. The van der Waals surface area contributed by atoms with E-state index in [4.69, 9.17) is 0 Å². The van der Waals surface area contributed by atoms with Crippen LogP contribution in [0.4, 0.5) is 0 Å². The van der Waals surface area contributed by atoms with Crippen molar-refractivity contribution in [3.8, 4) is 0 Å². The quantitative estimate of drug-likeness (QED) is 0.540. The molecule has 2 nitrogen and oxygen atoms in total. The van der Waals surface area contributed by atoms with Crippen molar-refractivity contribution in [1.29, 1.82) is 0 Å². The molecule has 0 saturated carbocycles. The van der Waals surface area contributed by atoms with E-state index in [1.807, 2.05) is 24.7 Å². The Morgan fingerprint density at radius 3 is 2.10 bits per heavy atom. The van der Waals surface area contributed by atoms with E-state index in [1.165, 1.54) is 6.42 Å². The molecular formula is C8H16N2. The highest BCUT2D eigenvalue weighted by Crippen LogP contribution is 1.86. The SMILES string of the molecule is CCC.Cc1nccn1C. The molecule has 0 unspecified atom stereocenters. The Labute approximate surface area is 62.9 Å². The van der Waals surface area contributed by atoms with Crippen molar-refractivity contribution in [3.05, 3.63) is 18.2 Å². The zero-order valence-electron chi connectivity index (χ0n) is 7.26. The summed E-state index contributed by atoms with van der Waals surface area (Å²) in [6.45, 7) is 6.22. The molecule has 10 heavy (non-hydrogen) atoms. The largest absolute Gasteiger partial charge is 0.338 e. The van der Waals surface area contributed by atoms with Crippen LogP contribution in [0, 0.1) is 6.92 Å². The van der Waals surface area contributed by atoms with Crippen LogP contribution in [-0.2, 0) is 7.05 Å². The number of hydrogen-bond acceptors (Lipinski definition) is 1. The normalized spacial score (nSPS) is 8.40. The van der Waals surface area contributed by atoms with Gasteiger partial charge in [0.05, 0.1) is 0 Å². The number of nitrogens with zero attached hydrogens (tertiary/aromatic N) is 2. The number of hydrogen-bond donors (Lipinski definition) is 0. The molecule has 0 atom stereocenters. The molecule has 0 bridgehead atoms. The van der Waals surface area contributed by atoms with Gasteiger partial charge in [0.25, 0.3) is 0 Å². The van der Waals surface area contributed by atoms with Gasteiger partial charge >= 0.3 is 0 Å². The molecule has 0 spiro atoms. The Morgan fingerprint density at radius 2 is 2.00 bits per heavy atom. The van der Waals surface area contributed by atoms with E-state index in [2.05, 4.69) is 18.8 Å². The molecule has 0 N–H and O–H groups in total. The minimum absolute atomic E-state index is 1.06. The van der Waals surface area contributed by atoms with Crippen molar-refractivity contribution in [2.24, 2.45) is 7.05 Å². The maximum absolute atomic E-state index is 3.98. The predicted octanol–water partition coefficient (Wildman–Crippen LogP) is 2.14. The van der Waals surface area contributed by atoms with Crippen LogP contribution in [0.25, 0.3) is 0 Å². The molecule has 0 aliphatic heterocycles. The van der Waals surface area contributed by atoms with Crippen LogP contribution in [-0.4, -0.2) is 9.55 Å². The number of imidazole rings is 1. The molecule has 1 aromatic heterocycles. The molecule has 0 amide bonds. The Kier molecular flexibility index (Phi) is 4.63. The van der Waals surface area contributed by atoms with Crippen LogP contribution in [0.3, 0.4) is 0 Å². The first kappa shape index (κ1) is 9.21. The molecular weight excluding hydrogens is 124 g/mol. The van der Waals surface area contributed by atoms with Gasteiger partial charge in [0.15, 0.2) is 0 Å². The molecule has 0 aliphatic rings. The monoisotopic (exact) mass is 140 g/mol. The summed E-state index contributed by atoms with van der Waals surface area (Å²) in [6, 6.07) is 0. The molecule has 0 aliphatic carbocycles. The molecule has 2 heteroatoms. The first-order chi connectivity index (χ1) is 4.72. The lowest BCUT2D eigenvalue weighted by molar-refractivity contribution is 0.858. The van der Waals surface area contributed by atoms with Gasteiger partial charge in [-0.2, -0.15) is 0 Å². The van der Waals surface area contributed by atoms with E-state index in [1.54, 1.807) is 6.20 Å². The fourth-order valence-corrected chi connectivity index (χ4v) is 0.440. The highest BCUT2D eigenvalue weighted by Gasteiger charge is 1.83. The third kappa shape index (κ3) is 3.28. The van der Waals surface area contributed by atoms with Crippen LogP contribution >= 0.6 is 0 Å². The highest BCUT2D eigenvalue weighted by atomic mass is 15.0. The van der Waals surface area contributed by atoms with Crippen LogP contribution in [0.15, 0.2) is 12.4 Å². The first-order valence-electron chi connectivity index (χ1n) is 3.66. The number of rotatable bonds is 0. The molecule has 1 rings (SSSR count). The number of aromatic nitrogens is 2. The minimum Gasteiger partial charge on any atom is -0.338 e. The lowest BCUT2D eigenvalue weighted by Gasteiger charge is -1.87. The van der Waals surface area contributed by atoms with Crippen LogP contribution < -0.4 is 0 Å². The Hall–Kier alpha value is -0.790. The Balaban J connectivity index is 0.000000236. The van der Waals surface area contributed by atoms with E-state index >= 15 is 0 Å². The van der Waals surface area contributed by atoms with Gasteiger partial charge in [-0.1, -0.05) is 20.3 Å². The summed E-state index contributed by atoms with van der Waals surface area (Å²) in [5, 5.41) is 0. The Morgan fingerprint density at radius 1 is 1.50 bits per heavy atom. The van der Waals surface area contributed by atoms with E-state index in [0.29, 0.717) is 0 Å². The number of aryl methyl sites for hydroxylation is 2. The summed E-state index contributed by atoms with van der Waals surface area (Å²) in [7, 11) is 1.97. The molecule has 0 aromatic carbocycles. The second-order valence-electron chi connectivity index (χ2n) is 2.29. The maximum Gasteiger partial charge on any atom is 0.105 e. The van der Waals surface area contributed by atoms with Crippen molar-refractivity contribution in [2.45, 2.75) is 27.2 Å². The standard InChI is InChI=1S/C5H8N2.C3H8/c1-5-6-3-4-7(5)2;1-3-2/h3-4H,1-2H3;3H2,1-2H3. The maximum atomic E-state index is 3.98. The van der Waals surface area contributed by atoms with Gasteiger partial charge in [-0.3, -0.25) is 0 Å². The summed E-state index contributed by atoms with van der Waals surface area (Å²) in [4.78, 5) is 3.98. The summed E-state index contributed by atoms with van der Waals surface area (Å²) in [5.74, 6) is 1.06. The minimum atomic E-state index is 1.06. The summed E-state index contributed by atoms with van der Waals surface area (Å²) in [6.07, 6.45) is 4.96. The van der Waals surface area contributed by atoms with Crippen LogP contribution in [0.2, 0.25) is 0 Å². The topological polar surface area (TPSA) is 17.8 Å². The van der Waals surface area contributed by atoms with Gasteiger partial charge in [0.1, 0.15) is 5.82 Å². The second-order valence-corrected chi connectivity index (χ2v) is 2.29. The zero-order valence-corrected chi connectivity index (χ0v) is 7.26. The highest BCUT2D eigenvalue weighted by molar-refractivity contribution is 4.85. The lowest BCUT2D eigenvalue weighted by atomic mass is 10.6. The lowest BCUT2D eigenvalue weighted by Crippen LogP contribution is -1.86. The molecule has 0 radical (unpaired) electrons. The summed E-state index contributed by atoms with van der Waals surface area (Å²) < 4.78 is 1.97. The third-order valence-electron chi connectivity index (χ3n) is 1.06. The zero-order chi connectivity index (χ0) is 7.98. The van der Waals surface area contributed by atoms with Gasteiger partial charge < -0.3 is 4.57 Å². The van der Waals surface area contributed by atoms with Crippen molar-refractivity contribution in [2.75, 3.05) is 0 Å². The molecule has 1 heterocycles. The van der Waals surface area contributed by atoms with E-state index in [0.717, 1.165) is 5.82 Å². The van der Waals surface area contributed by atoms with Gasteiger partial charge in [-0.05, 0) is 6.92 Å². The summed E-state index contributed by atoms with van der Waals surface area (Å²) >= 11 is 0. The predicted molar refractivity (Wildman–Crippen MR) is 43.9 cm³/mol. The second kappa shape index (κ2) is 5.03. The molecule has 58 valence electrons. The molecule has 1 aromatic rings. The van der Waals surface area contributed by atoms with Crippen molar-refractivity contribution >= 4 is 0 Å². The van der Waals surface area contributed by atoms with Gasteiger partial charge in [0.2, 0.25) is 0 Å². The van der Waals surface area contributed by atoms with Crippen molar-refractivity contribution in [3.63, 3.8) is 0 Å². The smallest absolute Gasteiger partial charge is 0.105 e. The van der Waals surface area contributed by atoms with Crippen LogP contribution in [0.5, 0.6) is 0 Å². The summed E-state index contributed by atoms with van der Waals surface area (Å²) in [5.41, 5.74) is 0. The average Bonchev–Trinajstić information content (AvgIpc) is 2.19.